The first-order chi connectivity index (χ1) is 9.19. The number of nitrogens with zero attached hydrogens (tertiary/aromatic N) is 2. The van der Waals surface area contributed by atoms with Gasteiger partial charge in [-0.05, 0) is 36.5 Å². The van der Waals surface area contributed by atoms with Gasteiger partial charge in [-0.25, -0.2) is 4.79 Å². The van der Waals surface area contributed by atoms with Gasteiger partial charge in [0.05, 0.1) is 5.69 Å². The number of hydrogen-bond acceptors (Lipinski definition) is 3. The lowest BCUT2D eigenvalue weighted by Gasteiger charge is -2.06. The molecule has 0 radical (unpaired) electrons. The van der Waals surface area contributed by atoms with Gasteiger partial charge in [0.1, 0.15) is 11.6 Å². The van der Waals surface area contributed by atoms with Crippen molar-refractivity contribution in [2.24, 2.45) is 0 Å². The predicted octanol–water partition coefficient (Wildman–Crippen LogP) is 1.27. The van der Waals surface area contributed by atoms with Crippen molar-refractivity contribution in [1.29, 1.82) is 5.26 Å². The molecular weight excluding hydrogens is 242 g/mol. The Balaban J connectivity index is 2.08. The maximum atomic E-state index is 11.7. The Hall–Kier alpha value is -2.61. The fourth-order valence-corrected chi connectivity index (χ4v) is 2.07. The Morgan fingerprint density at radius 1 is 1.21 bits per heavy atom. The molecule has 0 atom stereocenters. The highest BCUT2D eigenvalue weighted by atomic mass is 16.2. The number of aromatic nitrogens is 2. The molecule has 5 nitrogen and oxygen atoms in total. The average molecular weight is 253 g/mol. The van der Waals surface area contributed by atoms with E-state index in [1.807, 2.05) is 24.3 Å². The average Bonchev–Trinajstić information content (AvgIpc) is 3.24. The minimum absolute atomic E-state index is 0.0779. The molecule has 1 aliphatic carbocycles. The highest BCUT2D eigenvalue weighted by Crippen LogP contribution is 2.39. The summed E-state index contributed by atoms with van der Waals surface area (Å²) in [6.45, 7) is 0. The van der Waals surface area contributed by atoms with Crippen molar-refractivity contribution in [2.45, 2.75) is 18.8 Å². The van der Waals surface area contributed by atoms with Crippen molar-refractivity contribution in [3.05, 3.63) is 62.4 Å². The molecule has 0 bridgehead atoms. The van der Waals surface area contributed by atoms with E-state index in [4.69, 9.17) is 5.26 Å². The maximum absolute atomic E-state index is 11.7. The number of nitrogens with one attached hydrogen (secondary N) is 1. The molecular formula is C14H11N3O2. The van der Waals surface area contributed by atoms with Gasteiger partial charge in [0.2, 0.25) is 0 Å². The van der Waals surface area contributed by atoms with Crippen LogP contribution in [-0.4, -0.2) is 9.55 Å². The number of H-pyrrole nitrogens is 1. The summed E-state index contributed by atoms with van der Waals surface area (Å²) in [6.07, 6.45) is 3.71. The smallest absolute Gasteiger partial charge is 0.273 e. The molecule has 0 saturated heterocycles. The van der Waals surface area contributed by atoms with Crippen molar-refractivity contribution < 1.29 is 0 Å². The molecule has 0 aliphatic heterocycles. The van der Waals surface area contributed by atoms with Crippen molar-refractivity contribution in [3.8, 4) is 11.8 Å². The van der Waals surface area contributed by atoms with Gasteiger partial charge in [-0.3, -0.25) is 14.3 Å². The summed E-state index contributed by atoms with van der Waals surface area (Å²) < 4.78 is 1.27. The van der Waals surface area contributed by atoms with Gasteiger partial charge in [0, 0.05) is 6.20 Å². The molecule has 2 aromatic rings. The summed E-state index contributed by atoms with van der Waals surface area (Å²) in [5.41, 5.74) is 0.635. The topological polar surface area (TPSA) is 78.7 Å². The molecule has 1 saturated carbocycles. The van der Waals surface area contributed by atoms with Crippen LogP contribution in [0.5, 0.6) is 0 Å². The molecule has 3 rings (SSSR count). The standard InChI is InChI=1S/C14H11N3O2/c15-7-11-8-17(14(19)16-13(11)18)12-5-3-10(4-6-12)9-1-2-9/h3-6,8-9H,1-2H2,(H,16,18,19). The predicted molar refractivity (Wildman–Crippen MR) is 69.3 cm³/mol. The van der Waals surface area contributed by atoms with Crippen LogP contribution in [0.4, 0.5) is 0 Å². The molecule has 0 amide bonds. The monoisotopic (exact) mass is 253 g/mol. The van der Waals surface area contributed by atoms with Crippen LogP contribution >= 0.6 is 0 Å². The molecule has 1 aromatic heterocycles. The van der Waals surface area contributed by atoms with Crippen LogP contribution in [0.1, 0.15) is 29.9 Å². The summed E-state index contributed by atoms with van der Waals surface area (Å²) in [5.74, 6) is 0.649. The largest absolute Gasteiger partial charge is 0.332 e. The molecule has 5 heteroatoms. The lowest BCUT2D eigenvalue weighted by atomic mass is 10.1. The highest BCUT2D eigenvalue weighted by molar-refractivity contribution is 5.38. The summed E-state index contributed by atoms with van der Waals surface area (Å²) in [4.78, 5) is 25.2. The van der Waals surface area contributed by atoms with Gasteiger partial charge in [-0.15, -0.1) is 0 Å². The first kappa shape index (κ1) is 11.5. The Morgan fingerprint density at radius 3 is 2.47 bits per heavy atom. The van der Waals surface area contributed by atoms with Crippen molar-refractivity contribution in [2.75, 3.05) is 0 Å². The van der Waals surface area contributed by atoms with Crippen LogP contribution in [0.2, 0.25) is 0 Å². The zero-order valence-corrected chi connectivity index (χ0v) is 10.1. The third kappa shape index (κ3) is 2.08. The zero-order chi connectivity index (χ0) is 13.4. The van der Waals surface area contributed by atoms with Crippen molar-refractivity contribution in [1.82, 2.24) is 9.55 Å². The zero-order valence-electron chi connectivity index (χ0n) is 10.1. The number of benzene rings is 1. The molecule has 1 N–H and O–H groups in total. The van der Waals surface area contributed by atoms with Crippen LogP contribution in [0.25, 0.3) is 5.69 Å². The van der Waals surface area contributed by atoms with Gasteiger partial charge < -0.3 is 0 Å². The lowest BCUT2D eigenvalue weighted by molar-refractivity contribution is 0.888. The second-order valence-corrected chi connectivity index (χ2v) is 4.65. The van der Waals surface area contributed by atoms with Gasteiger partial charge in [0.25, 0.3) is 5.56 Å². The molecule has 1 heterocycles. The maximum Gasteiger partial charge on any atom is 0.332 e. The first-order valence-electron chi connectivity index (χ1n) is 6.05. The number of aromatic amines is 1. The van der Waals surface area contributed by atoms with E-state index in [2.05, 4.69) is 4.98 Å². The van der Waals surface area contributed by atoms with E-state index in [0.29, 0.717) is 11.6 Å². The minimum Gasteiger partial charge on any atom is -0.273 e. The van der Waals surface area contributed by atoms with Crippen molar-refractivity contribution in [3.63, 3.8) is 0 Å². The molecule has 1 fully saturated rings. The van der Waals surface area contributed by atoms with E-state index in [1.54, 1.807) is 6.07 Å². The summed E-state index contributed by atoms with van der Waals surface area (Å²) in [5, 5.41) is 8.82. The molecule has 94 valence electrons. The fraction of sp³-hybridized carbons (Fsp3) is 0.214. The van der Waals surface area contributed by atoms with E-state index in [1.165, 1.54) is 29.2 Å². The third-order valence-electron chi connectivity index (χ3n) is 3.28. The molecule has 0 unspecified atom stereocenters. The van der Waals surface area contributed by atoms with E-state index < -0.39 is 11.2 Å². The highest BCUT2D eigenvalue weighted by Gasteiger charge is 2.23. The first-order valence-corrected chi connectivity index (χ1v) is 6.05. The SMILES string of the molecule is N#Cc1cn(-c2ccc(C3CC3)cc2)c(=O)[nH]c1=O. The van der Waals surface area contributed by atoms with E-state index in [9.17, 15) is 9.59 Å². The van der Waals surface area contributed by atoms with E-state index in [-0.39, 0.29) is 5.56 Å². The van der Waals surface area contributed by atoms with Crippen LogP contribution in [-0.2, 0) is 0 Å². The van der Waals surface area contributed by atoms with Gasteiger partial charge in [-0.2, -0.15) is 5.26 Å². The van der Waals surface area contributed by atoms with Crippen LogP contribution < -0.4 is 11.2 Å². The Labute approximate surface area is 108 Å². The summed E-state index contributed by atoms with van der Waals surface area (Å²) in [7, 11) is 0. The van der Waals surface area contributed by atoms with Gasteiger partial charge in [0.15, 0.2) is 0 Å². The van der Waals surface area contributed by atoms with E-state index in [0.717, 1.165) is 0 Å². The molecule has 1 aliphatic rings. The summed E-state index contributed by atoms with van der Waals surface area (Å²) in [6, 6.07) is 9.39. The lowest BCUT2D eigenvalue weighted by Crippen LogP contribution is -2.30. The molecule has 0 spiro atoms. The fourth-order valence-electron chi connectivity index (χ4n) is 2.07. The van der Waals surface area contributed by atoms with Crippen LogP contribution in [0.15, 0.2) is 40.1 Å². The van der Waals surface area contributed by atoms with E-state index >= 15 is 0 Å². The number of hydrogen-bond donors (Lipinski definition) is 1. The minimum atomic E-state index is -0.654. The number of nitriles is 1. The van der Waals surface area contributed by atoms with Gasteiger partial charge >= 0.3 is 5.69 Å². The Morgan fingerprint density at radius 2 is 1.89 bits per heavy atom. The van der Waals surface area contributed by atoms with Gasteiger partial charge in [-0.1, -0.05) is 12.1 Å². The normalized spacial score (nSPS) is 14.1. The van der Waals surface area contributed by atoms with Crippen LogP contribution in [0.3, 0.4) is 0 Å². The quantitative estimate of drug-likeness (QED) is 0.875. The third-order valence-corrected chi connectivity index (χ3v) is 3.28. The molecule has 1 aromatic carbocycles. The second kappa shape index (κ2) is 4.25. The Bertz CT molecular complexity index is 774. The van der Waals surface area contributed by atoms with Crippen molar-refractivity contribution >= 4 is 0 Å². The summed E-state index contributed by atoms with van der Waals surface area (Å²) >= 11 is 0. The van der Waals surface area contributed by atoms with Crippen LogP contribution in [0, 0.1) is 11.3 Å². The molecule has 19 heavy (non-hydrogen) atoms. The Kier molecular flexibility index (Phi) is 2.57. The number of rotatable bonds is 2. The second-order valence-electron chi connectivity index (χ2n) is 4.65.